The Morgan fingerprint density at radius 1 is 1.24 bits per heavy atom. The summed E-state index contributed by atoms with van der Waals surface area (Å²) >= 11 is 0. The molecule has 0 unspecified atom stereocenters. The van der Waals surface area contributed by atoms with Gasteiger partial charge < -0.3 is 10.2 Å². The highest BCUT2D eigenvalue weighted by Gasteiger charge is 2.40. The van der Waals surface area contributed by atoms with Crippen molar-refractivity contribution < 1.29 is 9.59 Å². The molecule has 9 heteroatoms. The second kappa shape index (κ2) is 7.86. The van der Waals surface area contributed by atoms with E-state index in [0.29, 0.717) is 42.4 Å². The fraction of sp³-hybridized carbons (Fsp3) is 0.350. The van der Waals surface area contributed by atoms with Crippen LogP contribution in [0.15, 0.2) is 42.6 Å². The third-order valence-corrected chi connectivity index (χ3v) is 5.08. The molecule has 4 rings (SSSR count). The van der Waals surface area contributed by atoms with E-state index in [1.807, 2.05) is 32.0 Å². The first kappa shape index (κ1) is 18.9. The molecule has 0 saturated carbocycles. The lowest BCUT2D eigenvalue weighted by molar-refractivity contribution is 0.0712. The summed E-state index contributed by atoms with van der Waals surface area (Å²) in [6.45, 7) is 4.73. The molecule has 2 amide bonds. The summed E-state index contributed by atoms with van der Waals surface area (Å²) in [5.74, 6) is 0.930. The number of aromatic nitrogens is 5. The molecular weight excluding hydrogens is 370 g/mol. The van der Waals surface area contributed by atoms with E-state index >= 15 is 0 Å². The Kier molecular flexibility index (Phi) is 5.11. The van der Waals surface area contributed by atoms with Gasteiger partial charge in [-0.3, -0.25) is 19.4 Å². The number of hydrogen-bond acceptors (Lipinski definition) is 5. The van der Waals surface area contributed by atoms with Gasteiger partial charge in [0, 0.05) is 30.9 Å². The Balaban J connectivity index is 1.58. The molecule has 3 aromatic rings. The lowest BCUT2D eigenvalue weighted by Gasteiger charge is -2.22. The Hall–Kier alpha value is -3.49. The maximum Gasteiger partial charge on any atom is 0.272 e. The molecule has 2 N–H and O–H groups in total. The first-order valence-electron chi connectivity index (χ1n) is 9.64. The number of nitrogens with zero attached hydrogens (tertiary/aromatic N) is 5. The zero-order valence-electron chi connectivity index (χ0n) is 16.4. The van der Waals surface area contributed by atoms with Crippen molar-refractivity contribution in [2.75, 3.05) is 6.54 Å². The number of likely N-dealkylation sites (tertiary alicyclic amines) is 1. The van der Waals surface area contributed by atoms with Crippen LogP contribution in [-0.2, 0) is 6.54 Å². The van der Waals surface area contributed by atoms with Crippen LogP contribution in [0.25, 0.3) is 0 Å². The molecule has 1 aromatic carbocycles. The van der Waals surface area contributed by atoms with Crippen LogP contribution in [0.3, 0.4) is 0 Å². The topological polar surface area (TPSA) is 109 Å². The minimum Gasteiger partial charge on any atom is -0.347 e. The largest absolute Gasteiger partial charge is 0.347 e. The monoisotopic (exact) mass is 393 g/mol. The van der Waals surface area contributed by atoms with Gasteiger partial charge in [0.1, 0.15) is 11.5 Å². The molecule has 0 bridgehead atoms. The highest BCUT2D eigenvalue weighted by Crippen LogP contribution is 2.31. The molecule has 29 heavy (non-hydrogen) atoms. The van der Waals surface area contributed by atoms with Gasteiger partial charge >= 0.3 is 0 Å². The number of rotatable bonds is 5. The van der Waals surface area contributed by atoms with Crippen molar-refractivity contribution in [3.05, 3.63) is 65.5 Å². The second-order valence-corrected chi connectivity index (χ2v) is 7.06. The normalized spacial score (nSPS) is 18.8. The van der Waals surface area contributed by atoms with Crippen LogP contribution in [0.1, 0.15) is 51.9 Å². The van der Waals surface area contributed by atoms with Crippen LogP contribution in [0, 0.1) is 6.92 Å². The van der Waals surface area contributed by atoms with Crippen molar-refractivity contribution in [3.63, 3.8) is 0 Å². The maximum absolute atomic E-state index is 13.3. The van der Waals surface area contributed by atoms with Gasteiger partial charge in [0.2, 0.25) is 0 Å². The minimum atomic E-state index is -0.325. The summed E-state index contributed by atoms with van der Waals surface area (Å²) in [7, 11) is 0. The predicted molar refractivity (Wildman–Crippen MR) is 105 cm³/mol. The average Bonchev–Trinajstić information content (AvgIpc) is 3.47. The quantitative estimate of drug-likeness (QED) is 0.686. The van der Waals surface area contributed by atoms with Crippen molar-refractivity contribution in [2.45, 2.75) is 38.9 Å². The van der Waals surface area contributed by atoms with Crippen LogP contribution in [0.4, 0.5) is 0 Å². The van der Waals surface area contributed by atoms with E-state index in [1.54, 1.807) is 34.0 Å². The number of carbonyl (C=O) groups is 2. The molecule has 0 radical (unpaired) electrons. The van der Waals surface area contributed by atoms with Gasteiger partial charge in [-0.05, 0) is 38.5 Å². The second-order valence-electron chi connectivity index (χ2n) is 7.06. The Bertz CT molecular complexity index is 1010. The summed E-state index contributed by atoms with van der Waals surface area (Å²) in [6.07, 6.45) is 2.16. The van der Waals surface area contributed by atoms with Gasteiger partial charge in [-0.15, -0.1) is 0 Å². The standard InChI is InChI=1S/C20H23N7O2/c1-3-27-16(9-10-21-27)20(29)26-12-15(11-17(26)18-22-13(2)24-25-18)23-19(28)14-7-5-4-6-8-14/h4-10,15,17H,3,11-12H2,1-2H3,(H,23,28)(H,22,24,25)/t15-,17-/m0/s1. The molecule has 1 saturated heterocycles. The lowest BCUT2D eigenvalue weighted by Crippen LogP contribution is -2.39. The summed E-state index contributed by atoms with van der Waals surface area (Å²) in [6, 6.07) is 10.2. The van der Waals surface area contributed by atoms with Gasteiger partial charge in [0.25, 0.3) is 11.8 Å². The summed E-state index contributed by atoms with van der Waals surface area (Å²) in [4.78, 5) is 32.0. The van der Waals surface area contributed by atoms with E-state index in [0.717, 1.165) is 0 Å². The number of amides is 2. The zero-order chi connectivity index (χ0) is 20.4. The van der Waals surface area contributed by atoms with Gasteiger partial charge in [-0.2, -0.15) is 10.2 Å². The Labute approximate surface area is 168 Å². The third kappa shape index (κ3) is 3.75. The number of carbonyl (C=O) groups excluding carboxylic acids is 2. The molecule has 3 heterocycles. The Morgan fingerprint density at radius 3 is 2.72 bits per heavy atom. The smallest absolute Gasteiger partial charge is 0.272 e. The zero-order valence-corrected chi connectivity index (χ0v) is 16.4. The maximum atomic E-state index is 13.3. The number of aryl methyl sites for hydroxylation is 2. The van der Waals surface area contributed by atoms with Gasteiger partial charge in [-0.25, -0.2) is 4.98 Å². The molecule has 2 aromatic heterocycles. The highest BCUT2D eigenvalue weighted by molar-refractivity contribution is 5.95. The first-order chi connectivity index (χ1) is 14.1. The van der Waals surface area contributed by atoms with Crippen LogP contribution in [-0.4, -0.2) is 54.3 Å². The van der Waals surface area contributed by atoms with Crippen LogP contribution in [0.5, 0.6) is 0 Å². The number of aromatic amines is 1. The van der Waals surface area contributed by atoms with Crippen LogP contribution < -0.4 is 5.32 Å². The van der Waals surface area contributed by atoms with Crippen molar-refractivity contribution in [3.8, 4) is 0 Å². The molecule has 1 aliphatic heterocycles. The van der Waals surface area contributed by atoms with Crippen molar-refractivity contribution in [1.82, 2.24) is 35.2 Å². The van der Waals surface area contributed by atoms with E-state index in [4.69, 9.17) is 0 Å². The molecule has 0 spiro atoms. The lowest BCUT2D eigenvalue weighted by atomic mass is 10.1. The van der Waals surface area contributed by atoms with E-state index in [1.165, 1.54) is 0 Å². The van der Waals surface area contributed by atoms with Gasteiger partial charge in [0.05, 0.1) is 6.04 Å². The van der Waals surface area contributed by atoms with Gasteiger partial charge in [0.15, 0.2) is 5.82 Å². The minimum absolute atomic E-state index is 0.145. The molecular formula is C20H23N7O2. The van der Waals surface area contributed by atoms with Crippen LogP contribution in [0.2, 0.25) is 0 Å². The number of nitrogens with one attached hydrogen (secondary N) is 2. The fourth-order valence-electron chi connectivity index (χ4n) is 3.69. The number of hydrogen-bond donors (Lipinski definition) is 2. The molecule has 9 nitrogen and oxygen atoms in total. The van der Waals surface area contributed by atoms with E-state index in [-0.39, 0.29) is 23.9 Å². The van der Waals surface area contributed by atoms with Gasteiger partial charge in [-0.1, -0.05) is 18.2 Å². The molecule has 0 aliphatic carbocycles. The summed E-state index contributed by atoms with van der Waals surface area (Å²) < 4.78 is 1.67. The van der Waals surface area contributed by atoms with E-state index in [2.05, 4.69) is 25.6 Å². The fourth-order valence-corrected chi connectivity index (χ4v) is 3.69. The first-order valence-corrected chi connectivity index (χ1v) is 9.64. The highest BCUT2D eigenvalue weighted by atomic mass is 16.2. The molecule has 1 fully saturated rings. The van der Waals surface area contributed by atoms with Crippen molar-refractivity contribution >= 4 is 11.8 Å². The summed E-state index contributed by atoms with van der Waals surface area (Å²) in [5.41, 5.74) is 1.10. The number of benzene rings is 1. The van der Waals surface area contributed by atoms with Crippen molar-refractivity contribution in [2.24, 2.45) is 0 Å². The molecule has 150 valence electrons. The van der Waals surface area contributed by atoms with Crippen LogP contribution >= 0.6 is 0 Å². The molecule has 2 atom stereocenters. The predicted octanol–water partition coefficient (Wildman–Crippen LogP) is 1.72. The summed E-state index contributed by atoms with van der Waals surface area (Å²) in [5, 5.41) is 14.3. The SMILES string of the molecule is CCn1nccc1C(=O)N1C[C@@H](NC(=O)c2ccccc2)C[C@H]1c1n[nH]c(C)n1. The Morgan fingerprint density at radius 2 is 2.03 bits per heavy atom. The van der Waals surface area contributed by atoms with E-state index < -0.39 is 0 Å². The van der Waals surface area contributed by atoms with E-state index in [9.17, 15) is 9.59 Å². The van der Waals surface area contributed by atoms with Crippen molar-refractivity contribution in [1.29, 1.82) is 0 Å². The molecule has 1 aliphatic rings. The third-order valence-electron chi connectivity index (χ3n) is 5.08. The average molecular weight is 393 g/mol. The number of H-pyrrole nitrogens is 1.